The molecule has 0 spiro atoms. The van der Waals surface area contributed by atoms with Crippen molar-refractivity contribution in [2.45, 2.75) is 19.8 Å². The van der Waals surface area contributed by atoms with E-state index in [9.17, 15) is 10.2 Å². The normalized spacial score (nSPS) is 10.2. The molecule has 0 radical (unpaired) electrons. The van der Waals surface area contributed by atoms with Crippen LogP contribution in [-0.2, 0) is 19.8 Å². The van der Waals surface area contributed by atoms with Crippen molar-refractivity contribution in [3.05, 3.63) is 41.5 Å². The van der Waals surface area contributed by atoms with Crippen LogP contribution < -0.4 is 4.74 Å². The molecule has 0 amide bonds. The second-order valence-corrected chi connectivity index (χ2v) is 3.32. The fourth-order valence-electron chi connectivity index (χ4n) is 1.48. The van der Waals surface area contributed by atoms with E-state index in [4.69, 9.17) is 9.84 Å². The molecular weight excluding hydrogens is 208 g/mol. The van der Waals surface area contributed by atoms with Crippen LogP contribution >= 0.6 is 0 Å². The second-order valence-electron chi connectivity index (χ2n) is 3.32. The Kier molecular flexibility index (Phi) is 4.98. The van der Waals surface area contributed by atoms with Gasteiger partial charge in [0, 0.05) is 11.1 Å². The van der Waals surface area contributed by atoms with Crippen molar-refractivity contribution in [1.29, 1.82) is 0 Å². The lowest BCUT2D eigenvalue weighted by molar-refractivity contribution is 0.252. The van der Waals surface area contributed by atoms with Crippen LogP contribution in [0.25, 0.3) is 0 Å². The van der Waals surface area contributed by atoms with Crippen molar-refractivity contribution in [1.82, 2.24) is 0 Å². The Morgan fingerprint density at radius 3 is 2.00 bits per heavy atom. The number of aliphatic hydroxyl groups excluding tert-OH is 3. The maximum Gasteiger partial charge on any atom is 0.130 e. The Morgan fingerprint density at radius 1 is 1.06 bits per heavy atom. The van der Waals surface area contributed by atoms with Crippen LogP contribution in [0, 0.1) is 0 Å². The van der Waals surface area contributed by atoms with Crippen LogP contribution in [0.2, 0.25) is 0 Å². The smallest absolute Gasteiger partial charge is 0.130 e. The Labute approximate surface area is 94.4 Å². The summed E-state index contributed by atoms with van der Waals surface area (Å²) >= 11 is 0. The zero-order valence-electron chi connectivity index (χ0n) is 9.02. The number of benzene rings is 1. The van der Waals surface area contributed by atoms with Gasteiger partial charge in [0.05, 0.1) is 19.8 Å². The van der Waals surface area contributed by atoms with Gasteiger partial charge in [0.15, 0.2) is 0 Å². The Hall–Kier alpha value is -1.36. The molecule has 0 saturated carbocycles. The lowest BCUT2D eigenvalue weighted by Crippen LogP contribution is -2.03. The molecule has 0 heterocycles. The number of hydrogen-bond donors (Lipinski definition) is 3. The van der Waals surface area contributed by atoms with Gasteiger partial charge in [0.2, 0.25) is 0 Å². The molecule has 4 heteroatoms. The summed E-state index contributed by atoms with van der Waals surface area (Å²) < 4.78 is 5.38. The summed E-state index contributed by atoms with van der Waals surface area (Å²) in [5.74, 6) is 0.460. The molecule has 0 fully saturated rings. The first kappa shape index (κ1) is 12.7. The molecule has 0 aliphatic rings. The minimum atomic E-state index is -0.201. The third-order valence-corrected chi connectivity index (χ3v) is 2.17. The van der Waals surface area contributed by atoms with Crippen molar-refractivity contribution in [3.8, 4) is 5.75 Å². The quantitative estimate of drug-likeness (QED) is 0.623. The van der Waals surface area contributed by atoms with E-state index in [-0.39, 0.29) is 19.8 Å². The molecule has 0 aromatic heterocycles. The molecule has 0 bridgehead atoms. The average molecular weight is 224 g/mol. The average Bonchev–Trinajstić information content (AvgIpc) is 2.35. The summed E-state index contributed by atoms with van der Waals surface area (Å²) in [7, 11) is 0. The summed E-state index contributed by atoms with van der Waals surface area (Å²) in [4.78, 5) is 0. The van der Waals surface area contributed by atoms with Crippen molar-refractivity contribution in [2.75, 3.05) is 6.61 Å². The van der Waals surface area contributed by atoms with Crippen LogP contribution in [0.5, 0.6) is 5.75 Å². The van der Waals surface area contributed by atoms with E-state index in [2.05, 4.69) is 6.58 Å². The number of ether oxygens (including phenoxy) is 1. The number of rotatable bonds is 6. The monoisotopic (exact) mass is 224 g/mol. The maximum absolute atomic E-state index is 9.19. The van der Waals surface area contributed by atoms with Gasteiger partial charge in [-0.2, -0.15) is 0 Å². The third kappa shape index (κ3) is 2.82. The lowest BCUT2D eigenvalue weighted by Gasteiger charge is -2.14. The SMILES string of the molecule is C=CCOc1c(CO)cc(CO)cc1CO. The molecule has 0 atom stereocenters. The van der Waals surface area contributed by atoms with E-state index in [1.165, 1.54) is 0 Å². The third-order valence-electron chi connectivity index (χ3n) is 2.17. The fourth-order valence-corrected chi connectivity index (χ4v) is 1.48. The summed E-state index contributed by atoms with van der Waals surface area (Å²) in [5, 5.41) is 27.4. The molecule has 0 aliphatic heterocycles. The van der Waals surface area contributed by atoms with Gasteiger partial charge in [-0.25, -0.2) is 0 Å². The van der Waals surface area contributed by atoms with Gasteiger partial charge in [-0.1, -0.05) is 12.7 Å². The fraction of sp³-hybridized carbons (Fsp3) is 0.333. The first-order valence-electron chi connectivity index (χ1n) is 4.97. The van der Waals surface area contributed by atoms with Crippen LogP contribution in [0.1, 0.15) is 16.7 Å². The van der Waals surface area contributed by atoms with Crippen molar-refractivity contribution in [3.63, 3.8) is 0 Å². The van der Waals surface area contributed by atoms with E-state index in [0.717, 1.165) is 0 Å². The van der Waals surface area contributed by atoms with Gasteiger partial charge in [0.1, 0.15) is 12.4 Å². The molecule has 0 aliphatic carbocycles. The zero-order valence-corrected chi connectivity index (χ0v) is 9.02. The van der Waals surface area contributed by atoms with Crippen LogP contribution in [0.3, 0.4) is 0 Å². The van der Waals surface area contributed by atoms with Gasteiger partial charge in [-0.15, -0.1) is 0 Å². The summed E-state index contributed by atoms with van der Waals surface area (Å²) in [6, 6.07) is 3.30. The highest BCUT2D eigenvalue weighted by molar-refractivity contribution is 5.44. The van der Waals surface area contributed by atoms with Crippen LogP contribution in [0.15, 0.2) is 24.8 Å². The predicted molar refractivity (Wildman–Crippen MR) is 59.9 cm³/mol. The molecular formula is C12H16O4. The minimum absolute atomic E-state index is 0.137. The summed E-state index contributed by atoms with van der Waals surface area (Å²) in [6.07, 6.45) is 1.59. The van der Waals surface area contributed by atoms with E-state index >= 15 is 0 Å². The molecule has 88 valence electrons. The van der Waals surface area contributed by atoms with Gasteiger partial charge < -0.3 is 20.1 Å². The van der Waals surface area contributed by atoms with Gasteiger partial charge in [-0.05, 0) is 17.7 Å². The molecule has 1 aromatic carbocycles. The molecule has 16 heavy (non-hydrogen) atoms. The largest absolute Gasteiger partial charge is 0.489 e. The molecule has 0 unspecified atom stereocenters. The molecule has 1 rings (SSSR count). The maximum atomic E-state index is 9.19. The minimum Gasteiger partial charge on any atom is -0.489 e. The summed E-state index contributed by atoms with van der Waals surface area (Å²) in [5.41, 5.74) is 1.74. The lowest BCUT2D eigenvalue weighted by atomic mass is 10.0. The number of aliphatic hydroxyl groups is 3. The number of hydrogen-bond acceptors (Lipinski definition) is 4. The van der Waals surface area contributed by atoms with Crippen LogP contribution in [0.4, 0.5) is 0 Å². The Morgan fingerprint density at radius 2 is 1.62 bits per heavy atom. The Bertz CT molecular complexity index is 335. The first-order chi connectivity index (χ1) is 7.76. The van der Waals surface area contributed by atoms with Gasteiger partial charge in [0.25, 0.3) is 0 Å². The van der Waals surface area contributed by atoms with Crippen molar-refractivity contribution >= 4 is 0 Å². The van der Waals surface area contributed by atoms with Gasteiger partial charge in [-0.3, -0.25) is 0 Å². The van der Waals surface area contributed by atoms with Gasteiger partial charge >= 0.3 is 0 Å². The van der Waals surface area contributed by atoms with E-state index in [1.807, 2.05) is 0 Å². The zero-order chi connectivity index (χ0) is 12.0. The highest BCUT2D eigenvalue weighted by atomic mass is 16.5. The van der Waals surface area contributed by atoms with Crippen LogP contribution in [-0.4, -0.2) is 21.9 Å². The molecule has 3 N–H and O–H groups in total. The Balaban J connectivity index is 3.14. The van der Waals surface area contributed by atoms with Crippen molar-refractivity contribution < 1.29 is 20.1 Å². The first-order valence-corrected chi connectivity index (χ1v) is 4.97. The van der Waals surface area contributed by atoms with E-state index in [1.54, 1.807) is 18.2 Å². The standard InChI is InChI=1S/C12H16O4/c1-2-3-16-12-10(7-14)4-9(6-13)5-11(12)8-15/h2,4-5,13-15H,1,3,6-8H2. The van der Waals surface area contributed by atoms with E-state index in [0.29, 0.717) is 29.0 Å². The molecule has 4 nitrogen and oxygen atoms in total. The predicted octanol–water partition coefficient (Wildman–Crippen LogP) is 0.728. The highest BCUT2D eigenvalue weighted by Crippen LogP contribution is 2.26. The molecule has 0 saturated heterocycles. The second kappa shape index (κ2) is 6.27. The van der Waals surface area contributed by atoms with E-state index < -0.39 is 0 Å². The molecule has 1 aromatic rings. The topological polar surface area (TPSA) is 69.9 Å². The highest BCUT2D eigenvalue weighted by Gasteiger charge is 2.10. The van der Waals surface area contributed by atoms with Crippen molar-refractivity contribution in [2.24, 2.45) is 0 Å². The summed E-state index contributed by atoms with van der Waals surface area (Å²) in [6.45, 7) is 3.30.